The van der Waals surface area contributed by atoms with Gasteiger partial charge in [0.05, 0.1) is 23.5 Å². The van der Waals surface area contributed by atoms with Crippen LogP contribution in [0.25, 0.3) is 0 Å². The van der Waals surface area contributed by atoms with Crippen LogP contribution in [-0.4, -0.2) is 35.3 Å². The smallest absolute Gasteiger partial charge is 0.0707 e. The SMILES string of the molecule is ON=C1CCC(OC2CCOC3(CCCCC3)C2)CC1. The van der Waals surface area contributed by atoms with Gasteiger partial charge < -0.3 is 14.7 Å². The monoisotopic (exact) mass is 281 g/mol. The van der Waals surface area contributed by atoms with E-state index >= 15 is 0 Å². The van der Waals surface area contributed by atoms with Crippen LogP contribution in [0, 0.1) is 0 Å². The molecule has 1 saturated heterocycles. The van der Waals surface area contributed by atoms with Crippen LogP contribution in [0.4, 0.5) is 0 Å². The molecule has 2 saturated carbocycles. The number of hydrogen-bond donors (Lipinski definition) is 1. The van der Waals surface area contributed by atoms with E-state index < -0.39 is 0 Å². The highest BCUT2D eigenvalue weighted by Crippen LogP contribution is 2.40. The van der Waals surface area contributed by atoms with Crippen molar-refractivity contribution in [1.29, 1.82) is 0 Å². The lowest BCUT2D eigenvalue weighted by molar-refractivity contribution is -0.161. The first-order valence-corrected chi connectivity index (χ1v) is 8.29. The fourth-order valence-corrected chi connectivity index (χ4v) is 4.08. The molecule has 2 aliphatic carbocycles. The van der Waals surface area contributed by atoms with Gasteiger partial charge in [-0.1, -0.05) is 24.4 Å². The molecule has 1 unspecified atom stereocenters. The lowest BCUT2D eigenvalue weighted by Gasteiger charge is -2.44. The summed E-state index contributed by atoms with van der Waals surface area (Å²) in [5.74, 6) is 0. The molecule has 3 rings (SSSR count). The van der Waals surface area contributed by atoms with E-state index in [-0.39, 0.29) is 5.60 Å². The summed E-state index contributed by atoms with van der Waals surface area (Å²) in [5, 5.41) is 12.1. The molecule has 3 aliphatic rings. The second-order valence-corrected chi connectivity index (χ2v) is 6.71. The second kappa shape index (κ2) is 6.44. The first kappa shape index (κ1) is 14.3. The molecule has 0 radical (unpaired) electrons. The minimum Gasteiger partial charge on any atom is -0.411 e. The van der Waals surface area contributed by atoms with Crippen LogP contribution in [0.3, 0.4) is 0 Å². The topological polar surface area (TPSA) is 51.1 Å². The van der Waals surface area contributed by atoms with Gasteiger partial charge in [0.2, 0.25) is 0 Å². The van der Waals surface area contributed by atoms with E-state index in [9.17, 15) is 0 Å². The van der Waals surface area contributed by atoms with Gasteiger partial charge in [-0.3, -0.25) is 0 Å². The predicted molar refractivity (Wildman–Crippen MR) is 77.4 cm³/mol. The van der Waals surface area contributed by atoms with Crippen molar-refractivity contribution in [3.63, 3.8) is 0 Å². The molecule has 1 heterocycles. The van der Waals surface area contributed by atoms with Gasteiger partial charge in [0.25, 0.3) is 0 Å². The fraction of sp³-hybridized carbons (Fsp3) is 0.938. The van der Waals surface area contributed by atoms with E-state index in [0.29, 0.717) is 12.2 Å². The van der Waals surface area contributed by atoms with E-state index in [1.807, 2.05) is 0 Å². The molecule has 1 N–H and O–H groups in total. The minimum absolute atomic E-state index is 0.132. The second-order valence-electron chi connectivity index (χ2n) is 6.71. The van der Waals surface area contributed by atoms with Crippen molar-refractivity contribution in [2.75, 3.05) is 6.61 Å². The zero-order valence-electron chi connectivity index (χ0n) is 12.4. The average molecular weight is 281 g/mol. The summed E-state index contributed by atoms with van der Waals surface area (Å²) in [5.41, 5.74) is 1.06. The predicted octanol–water partition coefficient (Wildman–Crippen LogP) is 3.66. The lowest BCUT2D eigenvalue weighted by atomic mass is 9.79. The molecule has 114 valence electrons. The van der Waals surface area contributed by atoms with Crippen molar-refractivity contribution in [2.45, 2.75) is 88.4 Å². The molecule has 0 amide bonds. The zero-order valence-corrected chi connectivity index (χ0v) is 12.4. The van der Waals surface area contributed by atoms with Crippen molar-refractivity contribution < 1.29 is 14.7 Å². The molecule has 20 heavy (non-hydrogen) atoms. The first-order valence-electron chi connectivity index (χ1n) is 8.29. The van der Waals surface area contributed by atoms with Crippen molar-refractivity contribution in [3.05, 3.63) is 0 Å². The molecular weight excluding hydrogens is 254 g/mol. The van der Waals surface area contributed by atoms with Crippen LogP contribution in [0.1, 0.15) is 70.6 Å². The van der Waals surface area contributed by atoms with Gasteiger partial charge in [-0.05, 0) is 44.9 Å². The number of ether oxygens (including phenoxy) is 2. The third-order valence-electron chi connectivity index (χ3n) is 5.25. The lowest BCUT2D eigenvalue weighted by Crippen LogP contribution is -2.45. The molecule has 0 aromatic carbocycles. The Hall–Kier alpha value is -0.610. The molecule has 0 bridgehead atoms. The molecule has 0 aromatic rings. The van der Waals surface area contributed by atoms with Crippen molar-refractivity contribution >= 4 is 5.71 Å². The summed E-state index contributed by atoms with van der Waals surface area (Å²) >= 11 is 0. The minimum atomic E-state index is 0.132. The van der Waals surface area contributed by atoms with Gasteiger partial charge in [0.1, 0.15) is 0 Å². The van der Waals surface area contributed by atoms with Crippen LogP contribution in [0.15, 0.2) is 5.16 Å². The summed E-state index contributed by atoms with van der Waals surface area (Å²) in [6.07, 6.45) is 13.1. The Balaban J connectivity index is 1.50. The van der Waals surface area contributed by atoms with Gasteiger partial charge in [0.15, 0.2) is 0 Å². The van der Waals surface area contributed by atoms with Gasteiger partial charge >= 0.3 is 0 Å². The Labute approximate surface area is 121 Å². The quantitative estimate of drug-likeness (QED) is 0.621. The largest absolute Gasteiger partial charge is 0.411 e. The highest BCUT2D eigenvalue weighted by atomic mass is 16.5. The molecule has 1 spiro atoms. The maximum atomic E-state index is 8.80. The van der Waals surface area contributed by atoms with Crippen LogP contribution in [0.2, 0.25) is 0 Å². The Morgan fingerprint density at radius 1 is 1.05 bits per heavy atom. The van der Waals surface area contributed by atoms with E-state index in [4.69, 9.17) is 14.7 Å². The molecular formula is C16H27NO3. The molecule has 0 aromatic heterocycles. The third-order valence-corrected chi connectivity index (χ3v) is 5.25. The van der Waals surface area contributed by atoms with Crippen LogP contribution in [-0.2, 0) is 9.47 Å². The summed E-state index contributed by atoms with van der Waals surface area (Å²) in [7, 11) is 0. The summed E-state index contributed by atoms with van der Waals surface area (Å²) < 4.78 is 12.5. The van der Waals surface area contributed by atoms with Crippen LogP contribution in [0.5, 0.6) is 0 Å². The first-order chi connectivity index (χ1) is 9.80. The average Bonchev–Trinajstić information content (AvgIpc) is 2.49. The molecule has 4 heteroatoms. The molecule has 4 nitrogen and oxygen atoms in total. The summed E-state index contributed by atoms with van der Waals surface area (Å²) in [6, 6.07) is 0. The fourth-order valence-electron chi connectivity index (χ4n) is 4.08. The van der Waals surface area contributed by atoms with Crippen molar-refractivity contribution in [3.8, 4) is 0 Å². The van der Waals surface area contributed by atoms with Gasteiger partial charge in [0, 0.05) is 13.0 Å². The Morgan fingerprint density at radius 3 is 2.50 bits per heavy atom. The normalized spacial score (nSPS) is 34.1. The van der Waals surface area contributed by atoms with Gasteiger partial charge in [-0.15, -0.1) is 0 Å². The summed E-state index contributed by atoms with van der Waals surface area (Å²) in [4.78, 5) is 0. The summed E-state index contributed by atoms with van der Waals surface area (Å²) in [6.45, 7) is 0.862. The van der Waals surface area contributed by atoms with E-state index in [0.717, 1.165) is 50.8 Å². The maximum absolute atomic E-state index is 8.80. The highest BCUT2D eigenvalue weighted by Gasteiger charge is 2.39. The number of nitrogens with zero attached hydrogens (tertiary/aromatic N) is 1. The number of rotatable bonds is 2. The zero-order chi connectivity index (χ0) is 13.8. The Morgan fingerprint density at radius 2 is 1.80 bits per heavy atom. The number of oxime groups is 1. The van der Waals surface area contributed by atoms with Gasteiger partial charge in [-0.25, -0.2) is 0 Å². The van der Waals surface area contributed by atoms with Crippen LogP contribution < -0.4 is 0 Å². The van der Waals surface area contributed by atoms with E-state index in [2.05, 4.69) is 5.16 Å². The standard InChI is InChI=1S/C16H27NO3/c18-17-13-4-6-14(7-5-13)20-15-8-11-19-16(12-15)9-2-1-3-10-16/h14-15,18H,1-12H2. The highest BCUT2D eigenvalue weighted by molar-refractivity contribution is 5.84. The Bertz CT molecular complexity index is 334. The van der Waals surface area contributed by atoms with E-state index in [1.165, 1.54) is 32.1 Å². The number of hydrogen-bond acceptors (Lipinski definition) is 4. The van der Waals surface area contributed by atoms with Crippen LogP contribution >= 0.6 is 0 Å². The van der Waals surface area contributed by atoms with Crippen molar-refractivity contribution in [2.24, 2.45) is 5.16 Å². The van der Waals surface area contributed by atoms with E-state index in [1.54, 1.807) is 0 Å². The Kier molecular flexibility index (Phi) is 4.61. The van der Waals surface area contributed by atoms with Crippen molar-refractivity contribution in [1.82, 2.24) is 0 Å². The molecule has 1 aliphatic heterocycles. The molecule has 1 atom stereocenters. The third kappa shape index (κ3) is 3.34. The maximum Gasteiger partial charge on any atom is 0.0707 e. The van der Waals surface area contributed by atoms with Gasteiger partial charge in [-0.2, -0.15) is 0 Å². The molecule has 3 fully saturated rings.